The van der Waals surface area contributed by atoms with Crippen LogP contribution in [0.25, 0.3) is 11.1 Å². The van der Waals surface area contributed by atoms with Crippen molar-refractivity contribution in [1.82, 2.24) is 19.7 Å². The molecule has 25 heavy (non-hydrogen) atoms. The molecule has 2 aromatic heterocycles. The van der Waals surface area contributed by atoms with E-state index < -0.39 is 0 Å². The van der Waals surface area contributed by atoms with Crippen LogP contribution in [0.3, 0.4) is 0 Å². The molecule has 1 saturated heterocycles. The largest absolute Gasteiger partial charge is 0.440 e. The summed E-state index contributed by atoms with van der Waals surface area (Å²) in [5.41, 5.74) is 8.35. The number of fused-ring (bicyclic) bond motifs is 1. The zero-order chi connectivity index (χ0) is 17.4. The highest BCUT2D eigenvalue weighted by atomic mass is 16.3. The number of hydrogen-bond acceptors (Lipinski definition) is 5. The molecule has 0 radical (unpaired) electrons. The summed E-state index contributed by atoms with van der Waals surface area (Å²) in [6, 6.07) is 9.51. The Hall–Kier alpha value is -2.83. The molecule has 7 heteroatoms. The first-order valence-corrected chi connectivity index (χ1v) is 8.53. The summed E-state index contributed by atoms with van der Waals surface area (Å²) in [5.74, 6) is 1.38. The predicted octanol–water partition coefficient (Wildman–Crippen LogP) is 2.32. The quantitative estimate of drug-likeness (QED) is 0.791. The summed E-state index contributed by atoms with van der Waals surface area (Å²) in [4.78, 5) is 19.1. The van der Waals surface area contributed by atoms with Gasteiger partial charge in [0.05, 0.1) is 11.6 Å². The van der Waals surface area contributed by atoms with E-state index in [-0.39, 0.29) is 18.4 Å². The van der Waals surface area contributed by atoms with E-state index in [4.69, 9.17) is 10.2 Å². The molecular formula is C18H21N5O2. The fourth-order valence-corrected chi connectivity index (χ4v) is 3.39. The van der Waals surface area contributed by atoms with Gasteiger partial charge in [-0.15, -0.1) is 0 Å². The Morgan fingerprint density at radius 3 is 3.00 bits per heavy atom. The number of oxazole rings is 1. The Morgan fingerprint density at radius 2 is 2.24 bits per heavy atom. The number of carbonyl (C=O) groups is 1. The summed E-state index contributed by atoms with van der Waals surface area (Å²) in [6.07, 6.45) is 1.91. The first-order chi connectivity index (χ1) is 12.1. The Kier molecular flexibility index (Phi) is 3.91. The molecule has 0 aliphatic carbocycles. The Balaban J connectivity index is 1.48. The third-order valence-corrected chi connectivity index (χ3v) is 4.65. The zero-order valence-electron chi connectivity index (χ0n) is 14.2. The van der Waals surface area contributed by atoms with Crippen LogP contribution in [0, 0.1) is 6.92 Å². The molecule has 0 unspecified atom stereocenters. The second-order valence-corrected chi connectivity index (χ2v) is 6.57. The lowest BCUT2D eigenvalue weighted by Crippen LogP contribution is -2.41. The lowest BCUT2D eigenvalue weighted by molar-refractivity contribution is -0.133. The number of nitrogens with zero attached hydrogens (tertiary/aromatic N) is 4. The SMILES string of the molecule is Cc1cc(N)n(CC(=O)N2CCC[C@H](c3nc4ccccc4o3)C2)n1. The molecule has 0 saturated carbocycles. The van der Waals surface area contributed by atoms with Crippen LogP contribution in [0.2, 0.25) is 0 Å². The van der Waals surface area contributed by atoms with Gasteiger partial charge in [0.2, 0.25) is 5.91 Å². The lowest BCUT2D eigenvalue weighted by atomic mass is 9.98. The van der Waals surface area contributed by atoms with Crippen LogP contribution < -0.4 is 5.73 Å². The minimum atomic E-state index is 0.0237. The number of amides is 1. The van der Waals surface area contributed by atoms with E-state index in [1.54, 1.807) is 10.7 Å². The number of para-hydroxylation sites is 2. The number of hydrogen-bond donors (Lipinski definition) is 1. The Bertz CT molecular complexity index is 880. The van der Waals surface area contributed by atoms with Gasteiger partial charge in [0, 0.05) is 19.2 Å². The van der Waals surface area contributed by atoms with Crippen molar-refractivity contribution < 1.29 is 9.21 Å². The van der Waals surface area contributed by atoms with Crippen molar-refractivity contribution >= 4 is 22.8 Å². The van der Waals surface area contributed by atoms with Crippen molar-refractivity contribution in [3.8, 4) is 0 Å². The van der Waals surface area contributed by atoms with Crippen LogP contribution in [0.15, 0.2) is 34.7 Å². The van der Waals surface area contributed by atoms with Crippen molar-refractivity contribution in [2.45, 2.75) is 32.2 Å². The molecule has 1 aliphatic rings. The molecule has 0 bridgehead atoms. The summed E-state index contributed by atoms with van der Waals surface area (Å²) < 4.78 is 7.45. The molecular weight excluding hydrogens is 318 g/mol. The van der Waals surface area contributed by atoms with Crippen molar-refractivity contribution in [2.75, 3.05) is 18.8 Å². The predicted molar refractivity (Wildman–Crippen MR) is 93.9 cm³/mol. The second-order valence-electron chi connectivity index (χ2n) is 6.57. The summed E-state index contributed by atoms with van der Waals surface area (Å²) in [5, 5.41) is 4.26. The Labute approximate surface area is 145 Å². The normalized spacial score (nSPS) is 18.0. The standard InChI is InChI=1S/C18H21N5O2/c1-12-9-16(19)23(21-12)11-17(24)22-8-4-5-13(10-22)18-20-14-6-2-3-7-15(14)25-18/h2-3,6-7,9,13H,4-5,8,10-11,19H2,1H3/t13-/m0/s1. The second kappa shape index (κ2) is 6.23. The van der Waals surface area contributed by atoms with Crippen molar-refractivity contribution in [1.29, 1.82) is 0 Å². The van der Waals surface area contributed by atoms with E-state index in [9.17, 15) is 4.79 Å². The number of nitrogen functional groups attached to an aromatic ring is 1. The molecule has 2 N–H and O–H groups in total. The zero-order valence-corrected chi connectivity index (χ0v) is 14.2. The lowest BCUT2D eigenvalue weighted by Gasteiger charge is -2.31. The average Bonchev–Trinajstić information content (AvgIpc) is 3.18. The highest BCUT2D eigenvalue weighted by Gasteiger charge is 2.28. The first kappa shape index (κ1) is 15.7. The number of piperidine rings is 1. The number of carbonyl (C=O) groups excluding carboxylic acids is 1. The molecule has 4 rings (SSSR count). The van der Waals surface area contributed by atoms with Gasteiger partial charge in [-0.05, 0) is 31.9 Å². The van der Waals surface area contributed by atoms with E-state index in [2.05, 4.69) is 10.1 Å². The minimum absolute atomic E-state index is 0.0237. The van der Waals surface area contributed by atoms with Gasteiger partial charge in [0.15, 0.2) is 11.5 Å². The molecule has 1 amide bonds. The minimum Gasteiger partial charge on any atom is -0.440 e. The molecule has 1 aliphatic heterocycles. The van der Waals surface area contributed by atoms with Gasteiger partial charge >= 0.3 is 0 Å². The topological polar surface area (TPSA) is 90.2 Å². The van der Waals surface area contributed by atoms with Crippen molar-refractivity contribution in [3.05, 3.63) is 41.9 Å². The summed E-state index contributed by atoms with van der Waals surface area (Å²) >= 11 is 0. The number of aromatic nitrogens is 3. The molecule has 1 fully saturated rings. The van der Waals surface area contributed by atoms with E-state index in [1.165, 1.54) is 0 Å². The maximum Gasteiger partial charge on any atom is 0.244 e. The fourth-order valence-electron chi connectivity index (χ4n) is 3.39. The van der Waals surface area contributed by atoms with Crippen LogP contribution in [0.5, 0.6) is 0 Å². The molecule has 0 spiro atoms. The highest BCUT2D eigenvalue weighted by Crippen LogP contribution is 2.29. The van der Waals surface area contributed by atoms with Crippen LogP contribution >= 0.6 is 0 Å². The van der Waals surface area contributed by atoms with Gasteiger partial charge in [-0.3, -0.25) is 4.79 Å². The fraction of sp³-hybridized carbons (Fsp3) is 0.389. The van der Waals surface area contributed by atoms with Gasteiger partial charge in [-0.25, -0.2) is 9.67 Å². The van der Waals surface area contributed by atoms with Gasteiger partial charge in [-0.1, -0.05) is 12.1 Å². The maximum absolute atomic E-state index is 12.6. The third-order valence-electron chi connectivity index (χ3n) is 4.65. The van der Waals surface area contributed by atoms with Crippen LogP contribution in [0.4, 0.5) is 5.82 Å². The van der Waals surface area contributed by atoms with E-state index in [0.29, 0.717) is 18.3 Å². The van der Waals surface area contributed by atoms with Gasteiger partial charge < -0.3 is 15.1 Å². The highest BCUT2D eigenvalue weighted by molar-refractivity contribution is 5.76. The number of nitrogens with two attached hydrogens (primary N) is 1. The van der Waals surface area contributed by atoms with Crippen LogP contribution in [-0.4, -0.2) is 38.7 Å². The molecule has 1 aromatic carbocycles. The molecule has 3 heterocycles. The van der Waals surface area contributed by atoms with E-state index in [1.807, 2.05) is 36.1 Å². The van der Waals surface area contributed by atoms with Gasteiger partial charge in [0.25, 0.3) is 0 Å². The van der Waals surface area contributed by atoms with Crippen molar-refractivity contribution in [2.24, 2.45) is 0 Å². The number of benzene rings is 1. The molecule has 1 atom stereocenters. The van der Waals surface area contributed by atoms with Gasteiger partial charge in [0.1, 0.15) is 17.9 Å². The third kappa shape index (κ3) is 3.09. The van der Waals surface area contributed by atoms with Gasteiger partial charge in [-0.2, -0.15) is 5.10 Å². The summed E-state index contributed by atoms with van der Waals surface area (Å²) in [6.45, 7) is 3.39. The smallest absolute Gasteiger partial charge is 0.244 e. The number of rotatable bonds is 3. The maximum atomic E-state index is 12.6. The number of anilines is 1. The van der Waals surface area contributed by atoms with E-state index in [0.717, 1.165) is 36.2 Å². The molecule has 3 aromatic rings. The number of aryl methyl sites for hydroxylation is 1. The Morgan fingerprint density at radius 1 is 1.40 bits per heavy atom. The van der Waals surface area contributed by atoms with Crippen molar-refractivity contribution in [3.63, 3.8) is 0 Å². The van der Waals surface area contributed by atoms with E-state index >= 15 is 0 Å². The monoisotopic (exact) mass is 339 g/mol. The average molecular weight is 339 g/mol. The van der Waals surface area contributed by atoms with Crippen LogP contribution in [0.1, 0.15) is 30.3 Å². The molecule has 7 nitrogen and oxygen atoms in total. The molecule has 130 valence electrons. The summed E-state index contributed by atoms with van der Waals surface area (Å²) in [7, 11) is 0. The first-order valence-electron chi connectivity index (χ1n) is 8.53. The number of likely N-dealkylation sites (tertiary alicyclic amines) is 1. The van der Waals surface area contributed by atoms with Crippen LogP contribution in [-0.2, 0) is 11.3 Å².